The van der Waals surface area contributed by atoms with Crippen LogP contribution in [0, 0.1) is 13.8 Å². The van der Waals surface area contributed by atoms with E-state index in [1.165, 1.54) is 5.56 Å². The number of likely N-dealkylation sites (tertiary alicyclic amines) is 1. The first-order valence-corrected chi connectivity index (χ1v) is 7.79. The van der Waals surface area contributed by atoms with Gasteiger partial charge in [-0.3, -0.25) is 4.79 Å². The van der Waals surface area contributed by atoms with Gasteiger partial charge in [-0.25, -0.2) is 9.97 Å². The topological polar surface area (TPSA) is 46.1 Å². The lowest BCUT2D eigenvalue weighted by molar-refractivity contribution is 0.0711. The van der Waals surface area contributed by atoms with E-state index in [-0.39, 0.29) is 5.91 Å². The molecule has 1 aliphatic rings. The molecule has 0 radical (unpaired) electrons. The van der Waals surface area contributed by atoms with E-state index in [9.17, 15) is 4.79 Å². The average molecular weight is 295 g/mol. The van der Waals surface area contributed by atoms with E-state index in [0.29, 0.717) is 17.3 Å². The molecule has 2 heterocycles. The molecule has 0 N–H and O–H groups in total. The number of hydrogen-bond acceptors (Lipinski definition) is 3. The summed E-state index contributed by atoms with van der Waals surface area (Å²) in [4.78, 5) is 23.0. The number of aryl methyl sites for hydroxylation is 2. The van der Waals surface area contributed by atoms with E-state index in [2.05, 4.69) is 34.2 Å². The van der Waals surface area contributed by atoms with Gasteiger partial charge in [0, 0.05) is 19.3 Å². The molecule has 0 saturated carbocycles. The first-order valence-electron chi connectivity index (χ1n) is 7.79. The highest BCUT2D eigenvalue weighted by molar-refractivity contribution is 5.95. The van der Waals surface area contributed by atoms with Crippen LogP contribution in [0.3, 0.4) is 0 Å². The van der Waals surface area contributed by atoms with Crippen molar-refractivity contribution >= 4 is 5.91 Å². The summed E-state index contributed by atoms with van der Waals surface area (Å²) in [5, 5.41) is 0. The minimum atomic E-state index is 0.0593. The summed E-state index contributed by atoms with van der Waals surface area (Å²) < 4.78 is 0. The normalized spacial score (nSPS) is 15.8. The molecule has 114 valence electrons. The summed E-state index contributed by atoms with van der Waals surface area (Å²) in [6.45, 7) is 5.31. The van der Waals surface area contributed by atoms with Gasteiger partial charge >= 0.3 is 0 Å². The highest BCUT2D eigenvalue weighted by Crippen LogP contribution is 2.28. The molecule has 0 atom stereocenters. The van der Waals surface area contributed by atoms with Crippen LogP contribution in [0.15, 0.2) is 36.5 Å². The Bertz CT molecular complexity index is 661. The zero-order chi connectivity index (χ0) is 15.5. The molecule has 4 nitrogen and oxygen atoms in total. The third-order valence-corrected chi connectivity index (χ3v) is 4.38. The van der Waals surface area contributed by atoms with Gasteiger partial charge in [0.05, 0.1) is 11.3 Å². The van der Waals surface area contributed by atoms with E-state index in [0.717, 1.165) is 31.6 Å². The molecule has 2 aromatic rings. The molecule has 0 aliphatic carbocycles. The van der Waals surface area contributed by atoms with Crippen LogP contribution in [0.25, 0.3) is 0 Å². The quantitative estimate of drug-likeness (QED) is 0.855. The second kappa shape index (κ2) is 6.26. The van der Waals surface area contributed by atoms with E-state index in [4.69, 9.17) is 0 Å². The maximum Gasteiger partial charge on any atom is 0.257 e. The van der Waals surface area contributed by atoms with Gasteiger partial charge in [-0.2, -0.15) is 0 Å². The summed E-state index contributed by atoms with van der Waals surface area (Å²) in [5.74, 6) is 1.32. The van der Waals surface area contributed by atoms with Crippen LogP contribution in [0.4, 0.5) is 0 Å². The number of carbonyl (C=O) groups excluding carboxylic acids is 1. The van der Waals surface area contributed by atoms with Crippen molar-refractivity contribution in [3.63, 3.8) is 0 Å². The smallest absolute Gasteiger partial charge is 0.257 e. The minimum absolute atomic E-state index is 0.0593. The van der Waals surface area contributed by atoms with Crippen molar-refractivity contribution in [2.45, 2.75) is 32.6 Å². The van der Waals surface area contributed by atoms with Gasteiger partial charge in [0.1, 0.15) is 5.82 Å². The maximum absolute atomic E-state index is 12.6. The molecule has 1 aromatic carbocycles. The Labute approximate surface area is 131 Å². The lowest BCUT2D eigenvalue weighted by atomic mass is 9.89. The molecular formula is C18H21N3O. The number of amides is 1. The Hall–Kier alpha value is -2.23. The highest BCUT2D eigenvalue weighted by Gasteiger charge is 2.25. The summed E-state index contributed by atoms with van der Waals surface area (Å²) in [6.07, 6.45) is 3.69. The number of rotatable bonds is 2. The number of piperidine rings is 1. The van der Waals surface area contributed by atoms with Gasteiger partial charge in [-0.15, -0.1) is 0 Å². The molecule has 1 aliphatic heterocycles. The van der Waals surface area contributed by atoms with E-state index in [1.807, 2.05) is 24.8 Å². The molecule has 4 heteroatoms. The van der Waals surface area contributed by atoms with Crippen LogP contribution in [-0.4, -0.2) is 33.9 Å². The Morgan fingerprint density at radius 3 is 2.45 bits per heavy atom. The van der Waals surface area contributed by atoms with Gasteiger partial charge in [-0.1, -0.05) is 30.3 Å². The van der Waals surface area contributed by atoms with Crippen LogP contribution >= 0.6 is 0 Å². The highest BCUT2D eigenvalue weighted by atomic mass is 16.2. The monoisotopic (exact) mass is 295 g/mol. The fraction of sp³-hybridized carbons (Fsp3) is 0.389. The number of benzene rings is 1. The summed E-state index contributed by atoms with van der Waals surface area (Å²) in [7, 11) is 0. The second-order valence-electron chi connectivity index (χ2n) is 5.89. The largest absolute Gasteiger partial charge is 0.339 e. The van der Waals surface area contributed by atoms with Gasteiger partial charge in [0.2, 0.25) is 0 Å². The van der Waals surface area contributed by atoms with Crippen molar-refractivity contribution < 1.29 is 4.79 Å². The standard InChI is InChI=1S/C18H21N3O/c1-13-17(12-19-14(2)20-13)18(22)21-10-8-16(9-11-21)15-6-4-3-5-7-15/h3-7,12,16H,8-11H2,1-2H3. The van der Waals surface area contributed by atoms with Gasteiger partial charge in [-0.05, 0) is 38.2 Å². The lowest BCUT2D eigenvalue weighted by Crippen LogP contribution is -2.38. The molecule has 1 amide bonds. The Morgan fingerprint density at radius 1 is 1.14 bits per heavy atom. The minimum Gasteiger partial charge on any atom is -0.339 e. The fourth-order valence-electron chi connectivity index (χ4n) is 3.10. The number of carbonyl (C=O) groups is 1. The summed E-state index contributed by atoms with van der Waals surface area (Å²) in [6, 6.07) is 10.6. The van der Waals surface area contributed by atoms with Crippen molar-refractivity contribution in [1.29, 1.82) is 0 Å². The van der Waals surface area contributed by atoms with Gasteiger partial charge in [0.15, 0.2) is 0 Å². The van der Waals surface area contributed by atoms with Crippen LogP contribution in [0.1, 0.15) is 46.2 Å². The average Bonchev–Trinajstić information content (AvgIpc) is 2.55. The third kappa shape index (κ3) is 3.01. The predicted octanol–water partition coefficient (Wildman–Crippen LogP) is 3.11. The van der Waals surface area contributed by atoms with E-state index >= 15 is 0 Å². The van der Waals surface area contributed by atoms with Crippen molar-refractivity contribution in [2.75, 3.05) is 13.1 Å². The second-order valence-corrected chi connectivity index (χ2v) is 5.89. The molecule has 22 heavy (non-hydrogen) atoms. The lowest BCUT2D eigenvalue weighted by Gasteiger charge is -2.32. The number of hydrogen-bond donors (Lipinski definition) is 0. The van der Waals surface area contributed by atoms with Crippen molar-refractivity contribution in [2.24, 2.45) is 0 Å². The zero-order valence-electron chi connectivity index (χ0n) is 13.1. The molecular weight excluding hydrogens is 274 g/mol. The first kappa shape index (κ1) is 14.7. The number of aromatic nitrogens is 2. The Morgan fingerprint density at radius 2 is 1.82 bits per heavy atom. The predicted molar refractivity (Wildman–Crippen MR) is 85.8 cm³/mol. The molecule has 1 saturated heterocycles. The SMILES string of the molecule is Cc1ncc(C(=O)N2CCC(c3ccccc3)CC2)c(C)n1. The molecule has 1 fully saturated rings. The van der Waals surface area contributed by atoms with Crippen molar-refractivity contribution in [1.82, 2.24) is 14.9 Å². The molecule has 0 unspecified atom stereocenters. The first-order chi connectivity index (χ1) is 10.6. The van der Waals surface area contributed by atoms with Crippen molar-refractivity contribution in [3.8, 4) is 0 Å². The van der Waals surface area contributed by atoms with E-state index in [1.54, 1.807) is 6.20 Å². The molecule has 0 spiro atoms. The summed E-state index contributed by atoms with van der Waals surface area (Å²) in [5.41, 5.74) is 2.77. The molecule has 0 bridgehead atoms. The van der Waals surface area contributed by atoms with E-state index < -0.39 is 0 Å². The van der Waals surface area contributed by atoms with Crippen molar-refractivity contribution in [3.05, 3.63) is 59.2 Å². The summed E-state index contributed by atoms with van der Waals surface area (Å²) >= 11 is 0. The fourth-order valence-corrected chi connectivity index (χ4v) is 3.10. The van der Waals surface area contributed by atoms with Gasteiger partial charge < -0.3 is 4.90 Å². The zero-order valence-corrected chi connectivity index (χ0v) is 13.1. The van der Waals surface area contributed by atoms with Gasteiger partial charge in [0.25, 0.3) is 5.91 Å². The van der Waals surface area contributed by atoms with Crippen LogP contribution in [0.5, 0.6) is 0 Å². The maximum atomic E-state index is 12.6. The van der Waals surface area contributed by atoms with Crippen LogP contribution in [-0.2, 0) is 0 Å². The van der Waals surface area contributed by atoms with Crippen LogP contribution in [0.2, 0.25) is 0 Å². The van der Waals surface area contributed by atoms with Crippen LogP contribution < -0.4 is 0 Å². The molecule has 3 rings (SSSR count). The Kier molecular flexibility index (Phi) is 4.18. The molecule has 1 aromatic heterocycles. The third-order valence-electron chi connectivity index (χ3n) is 4.38. The Balaban J connectivity index is 1.67. The number of nitrogens with zero attached hydrogens (tertiary/aromatic N) is 3.